The minimum Gasteiger partial charge on any atom is -0.375 e. The van der Waals surface area contributed by atoms with Gasteiger partial charge in [0.25, 0.3) is 0 Å². The van der Waals surface area contributed by atoms with E-state index in [9.17, 15) is 4.79 Å². The summed E-state index contributed by atoms with van der Waals surface area (Å²) in [5.41, 5.74) is 4.20. The van der Waals surface area contributed by atoms with E-state index < -0.39 is 0 Å². The van der Waals surface area contributed by atoms with E-state index in [1.165, 1.54) is 0 Å². The molecule has 1 aliphatic rings. The minimum atomic E-state index is -0.111. The van der Waals surface area contributed by atoms with E-state index in [0.29, 0.717) is 36.9 Å². The topological polar surface area (TPSA) is 117 Å². The fourth-order valence-electron chi connectivity index (χ4n) is 4.36. The maximum Gasteiger partial charge on any atom is 0.227 e. The molecular formula is C27H25N7O2. The first-order valence-electron chi connectivity index (χ1n) is 11.9. The number of fused-ring (bicyclic) bond motifs is 2. The Hall–Kier alpha value is -4.34. The van der Waals surface area contributed by atoms with Crippen LogP contribution in [-0.4, -0.2) is 51.9 Å². The van der Waals surface area contributed by atoms with E-state index in [1.54, 1.807) is 6.20 Å². The van der Waals surface area contributed by atoms with E-state index in [4.69, 9.17) is 14.7 Å². The second-order valence-electron chi connectivity index (χ2n) is 8.74. The predicted molar refractivity (Wildman–Crippen MR) is 140 cm³/mol. The Balaban J connectivity index is 1.29. The van der Waals surface area contributed by atoms with Gasteiger partial charge in [0.2, 0.25) is 5.91 Å². The second-order valence-corrected chi connectivity index (χ2v) is 8.74. The van der Waals surface area contributed by atoms with Gasteiger partial charge in [-0.3, -0.25) is 9.89 Å². The molecule has 4 N–H and O–H groups in total. The molecule has 0 aliphatic carbocycles. The molecule has 1 atom stereocenters. The third-order valence-electron chi connectivity index (χ3n) is 6.13. The molecule has 1 aliphatic heterocycles. The summed E-state index contributed by atoms with van der Waals surface area (Å²) in [6, 6.07) is 21.5. The molecule has 36 heavy (non-hydrogen) atoms. The van der Waals surface area contributed by atoms with Crippen LogP contribution in [0.1, 0.15) is 6.42 Å². The van der Waals surface area contributed by atoms with E-state index in [1.807, 2.05) is 66.7 Å². The van der Waals surface area contributed by atoms with Crippen LogP contribution in [0.2, 0.25) is 0 Å². The Morgan fingerprint density at radius 3 is 2.89 bits per heavy atom. The Labute approximate surface area is 207 Å². The number of nitrogens with one attached hydrogen (secondary N) is 4. The van der Waals surface area contributed by atoms with Gasteiger partial charge < -0.3 is 20.7 Å². The van der Waals surface area contributed by atoms with Crippen LogP contribution in [0.4, 0.5) is 17.2 Å². The number of para-hydroxylation sites is 1. The monoisotopic (exact) mass is 479 g/mol. The highest BCUT2D eigenvalue weighted by Crippen LogP contribution is 2.29. The van der Waals surface area contributed by atoms with Crippen molar-refractivity contribution in [2.45, 2.75) is 12.5 Å². The predicted octanol–water partition coefficient (Wildman–Crippen LogP) is 4.23. The van der Waals surface area contributed by atoms with E-state index in [-0.39, 0.29) is 12.0 Å². The summed E-state index contributed by atoms with van der Waals surface area (Å²) in [6.45, 7) is 2.13. The summed E-state index contributed by atoms with van der Waals surface area (Å²) in [5.74, 6) is 1.18. The molecule has 180 valence electrons. The summed E-state index contributed by atoms with van der Waals surface area (Å²) in [6.07, 6.45) is 1.99. The Kier molecular flexibility index (Phi) is 5.98. The molecule has 3 heterocycles. The molecule has 6 rings (SSSR count). The summed E-state index contributed by atoms with van der Waals surface area (Å²) in [7, 11) is 0. The van der Waals surface area contributed by atoms with Crippen molar-refractivity contribution in [3.63, 3.8) is 0 Å². The standard InChI is InChI=1S/C27H25N7O2/c35-25(14-21-16-28-10-11-36-21)30-19-5-3-4-17(12-19)26-32-24-7-2-1-6-22(24)27(33-26)31-20-8-9-23-18(13-20)15-29-34-23/h1-9,12-13,15,21,28H,10-11,14,16H2,(H,29,34)(H,30,35)(H,31,32,33). The molecule has 2 aromatic heterocycles. The number of hydrogen-bond acceptors (Lipinski definition) is 7. The normalized spacial score (nSPS) is 15.7. The molecular weight excluding hydrogens is 454 g/mol. The highest BCUT2D eigenvalue weighted by Gasteiger charge is 2.18. The molecule has 0 radical (unpaired) electrons. The first-order valence-corrected chi connectivity index (χ1v) is 11.9. The van der Waals surface area contributed by atoms with Crippen LogP contribution >= 0.6 is 0 Å². The lowest BCUT2D eigenvalue weighted by Crippen LogP contribution is -2.40. The van der Waals surface area contributed by atoms with E-state index >= 15 is 0 Å². The summed E-state index contributed by atoms with van der Waals surface area (Å²) < 4.78 is 5.65. The Morgan fingerprint density at radius 2 is 1.97 bits per heavy atom. The number of carbonyl (C=O) groups excluding carboxylic acids is 1. The van der Waals surface area contributed by atoms with Crippen LogP contribution in [0.3, 0.4) is 0 Å². The number of carbonyl (C=O) groups is 1. The van der Waals surface area contributed by atoms with E-state index in [0.717, 1.165) is 39.6 Å². The van der Waals surface area contributed by atoms with Gasteiger partial charge in [0.05, 0.1) is 36.4 Å². The van der Waals surface area contributed by atoms with Crippen molar-refractivity contribution in [3.05, 3.63) is 72.9 Å². The van der Waals surface area contributed by atoms with Crippen molar-refractivity contribution in [2.75, 3.05) is 30.3 Å². The van der Waals surface area contributed by atoms with Gasteiger partial charge in [-0.15, -0.1) is 0 Å². The average Bonchev–Trinajstić information content (AvgIpc) is 3.37. The van der Waals surface area contributed by atoms with Gasteiger partial charge in [-0.05, 0) is 42.5 Å². The van der Waals surface area contributed by atoms with Gasteiger partial charge in [0.15, 0.2) is 5.82 Å². The molecule has 0 bridgehead atoms. The number of aromatic amines is 1. The van der Waals surface area contributed by atoms with Crippen molar-refractivity contribution in [1.82, 2.24) is 25.5 Å². The molecule has 0 spiro atoms. The number of amides is 1. The van der Waals surface area contributed by atoms with Crippen molar-refractivity contribution in [1.29, 1.82) is 0 Å². The van der Waals surface area contributed by atoms with Gasteiger partial charge in [-0.2, -0.15) is 5.10 Å². The maximum absolute atomic E-state index is 12.6. The minimum absolute atomic E-state index is 0.0859. The third kappa shape index (κ3) is 4.74. The number of H-pyrrole nitrogens is 1. The van der Waals surface area contributed by atoms with Crippen molar-refractivity contribution >= 4 is 44.9 Å². The van der Waals surface area contributed by atoms with Gasteiger partial charge in [0.1, 0.15) is 5.82 Å². The number of hydrogen-bond donors (Lipinski definition) is 4. The first kappa shape index (κ1) is 22.1. The van der Waals surface area contributed by atoms with Crippen LogP contribution in [-0.2, 0) is 9.53 Å². The van der Waals surface area contributed by atoms with Crippen LogP contribution in [0.5, 0.6) is 0 Å². The number of benzene rings is 3. The molecule has 9 nitrogen and oxygen atoms in total. The zero-order valence-corrected chi connectivity index (χ0v) is 19.5. The fraction of sp³-hybridized carbons (Fsp3) is 0.185. The first-order chi connectivity index (χ1) is 17.7. The van der Waals surface area contributed by atoms with Crippen molar-refractivity contribution in [2.24, 2.45) is 0 Å². The van der Waals surface area contributed by atoms with Crippen LogP contribution < -0.4 is 16.0 Å². The van der Waals surface area contributed by atoms with Crippen LogP contribution in [0.15, 0.2) is 72.9 Å². The van der Waals surface area contributed by atoms with Gasteiger partial charge >= 0.3 is 0 Å². The van der Waals surface area contributed by atoms with Gasteiger partial charge in [-0.1, -0.05) is 24.3 Å². The number of aromatic nitrogens is 4. The lowest BCUT2D eigenvalue weighted by atomic mass is 10.1. The largest absolute Gasteiger partial charge is 0.375 e. The SMILES string of the molecule is O=C(CC1CNCCO1)Nc1cccc(-c2nc(Nc3ccc4[nH]ncc4c3)c3ccccc3n2)c1. The van der Waals surface area contributed by atoms with E-state index in [2.05, 4.69) is 26.1 Å². The summed E-state index contributed by atoms with van der Waals surface area (Å²) in [4.78, 5) is 22.2. The smallest absolute Gasteiger partial charge is 0.227 e. The van der Waals surface area contributed by atoms with Gasteiger partial charge in [-0.25, -0.2) is 9.97 Å². The highest BCUT2D eigenvalue weighted by atomic mass is 16.5. The highest BCUT2D eigenvalue weighted by molar-refractivity contribution is 5.94. The lowest BCUT2D eigenvalue weighted by Gasteiger charge is -2.23. The molecule has 1 saturated heterocycles. The number of anilines is 3. The maximum atomic E-state index is 12.6. The third-order valence-corrected chi connectivity index (χ3v) is 6.13. The Morgan fingerprint density at radius 1 is 1.03 bits per heavy atom. The van der Waals surface area contributed by atoms with Crippen molar-refractivity contribution < 1.29 is 9.53 Å². The summed E-state index contributed by atoms with van der Waals surface area (Å²) >= 11 is 0. The van der Waals surface area contributed by atoms with Crippen LogP contribution in [0.25, 0.3) is 33.2 Å². The molecule has 9 heteroatoms. The second kappa shape index (κ2) is 9.73. The van der Waals surface area contributed by atoms with Crippen LogP contribution in [0, 0.1) is 0 Å². The zero-order chi connectivity index (χ0) is 24.3. The zero-order valence-electron chi connectivity index (χ0n) is 19.5. The quantitative estimate of drug-likeness (QED) is 0.288. The molecule has 1 unspecified atom stereocenters. The molecule has 1 amide bonds. The molecule has 3 aromatic carbocycles. The van der Waals surface area contributed by atoms with Gasteiger partial charge in [0, 0.05) is 40.8 Å². The molecule has 5 aromatic rings. The lowest BCUT2D eigenvalue weighted by molar-refractivity contribution is -0.119. The number of ether oxygens (including phenoxy) is 1. The summed E-state index contributed by atoms with van der Waals surface area (Å²) in [5, 5.41) is 18.7. The number of nitrogens with zero attached hydrogens (tertiary/aromatic N) is 3. The average molecular weight is 480 g/mol. The van der Waals surface area contributed by atoms with Crippen molar-refractivity contribution in [3.8, 4) is 11.4 Å². The fourth-order valence-corrected chi connectivity index (χ4v) is 4.36. The number of morpholine rings is 1. The molecule has 0 saturated carbocycles. The Bertz CT molecular complexity index is 1540. The molecule has 1 fully saturated rings. The number of rotatable bonds is 6.